The second-order valence-corrected chi connectivity index (χ2v) is 0.0680. The normalized spacial score (nSPS) is 2.40. The van der Waals surface area contributed by atoms with Crippen LogP contribution in [0.4, 0.5) is 0 Å². The minimum Gasteiger partial charge on any atom is -1.00 e. The van der Waals surface area contributed by atoms with Gasteiger partial charge in [-0.05, 0) is 0 Å². The van der Waals surface area contributed by atoms with Crippen molar-refractivity contribution in [1.29, 1.82) is 0 Å². The Morgan fingerprint density at radius 1 is 1.80 bits per heavy atom. The van der Waals surface area contributed by atoms with Gasteiger partial charge in [0.25, 0.3) is 0 Å². The van der Waals surface area contributed by atoms with Gasteiger partial charge in [0, 0.05) is 8.41 Å². The maximum atomic E-state index is 7.88. The van der Waals surface area contributed by atoms with Gasteiger partial charge in [-0.1, -0.05) is 10.2 Å². The van der Waals surface area contributed by atoms with E-state index < -0.39 is 0 Å². The summed E-state index contributed by atoms with van der Waals surface area (Å²) < 4.78 is 1.75. The Morgan fingerprint density at radius 2 is 1.80 bits per heavy atom. The summed E-state index contributed by atoms with van der Waals surface area (Å²) in [4.78, 5) is 7.88. The summed E-state index contributed by atoms with van der Waals surface area (Å²) in [5.74, 6) is 0. The van der Waals surface area contributed by atoms with Gasteiger partial charge in [-0.2, -0.15) is 0 Å². The van der Waals surface area contributed by atoms with Crippen LogP contribution in [0.3, 0.4) is 0 Å². The summed E-state index contributed by atoms with van der Waals surface area (Å²) in [6.45, 7) is 0. The fraction of sp³-hybridized carbons (Fsp3) is 0. The topological polar surface area (TPSA) is 51.4 Å². The smallest absolute Gasteiger partial charge is 1.00 e. The van der Waals surface area contributed by atoms with Gasteiger partial charge in [-0.25, -0.2) is 0 Å². The molecule has 0 aromatic rings. The summed E-state index contributed by atoms with van der Waals surface area (Å²) in [7, 11) is 0. The van der Waals surface area contributed by atoms with Crippen molar-refractivity contribution in [3.63, 3.8) is 0 Å². The maximum Gasteiger partial charge on any atom is 1.00 e. The molecule has 3 radical (unpaired) electrons. The zero-order valence-corrected chi connectivity index (χ0v) is 4.80. The Bertz CT molecular complexity index is 18.3. The van der Waals surface area contributed by atoms with Gasteiger partial charge in [-0.15, -0.1) is 0 Å². The Labute approximate surface area is 54.6 Å². The summed E-state index contributed by atoms with van der Waals surface area (Å²) in [5.41, 5.74) is 0. The Balaban J connectivity index is -0.00000000667. The third kappa shape index (κ3) is 125. The Kier molecular flexibility index (Phi) is 89.6. The van der Waals surface area contributed by atoms with E-state index in [-0.39, 0.29) is 39.4 Å². The zero-order valence-electron chi connectivity index (χ0n) is 3.80. The van der Waals surface area contributed by atoms with E-state index in [4.69, 9.17) is 10.2 Å². The first-order valence-electron chi connectivity index (χ1n) is 0.333. The van der Waals surface area contributed by atoms with Gasteiger partial charge in [0.15, 0.2) is 4.75 Å². The molecular weight excluding hydrogens is 81.8 g/mol. The molecule has 0 aliphatic rings. The fourth-order valence-electron chi connectivity index (χ4n) is 0. The Hall–Kier alpha value is 0.465. The van der Waals surface area contributed by atoms with E-state index >= 15 is 0 Å². The van der Waals surface area contributed by atoms with Crippen LogP contribution in [0, 0.1) is 9.71 Å². The second kappa shape index (κ2) is 25.0. The van der Waals surface area contributed by atoms with E-state index in [1.54, 1.807) is 4.75 Å². The van der Waals surface area contributed by atoms with E-state index in [9.17, 15) is 0 Å². The van der Waals surface area contributed by atoms with Crippen LogP contribution in [0.15, 0.2) is 0 Å². The first-order valence-corrected chi connectivity index (χ1v) is 0.333. The molecule has 0 unspecified atom stereocenters. The predicted octanol–water partition coefficient (Wildman–Crippen LogP) is -4.39. The van der Waals surface area contributed by atoms with Crippen molar-refractivity contribution < 1.29 is 36.2 Å². The average Bonchev–Trinajstić information content (AvgIpc) is 0.918. The SMILES string of the molecule is O=[O+][O-].[B].[H-].[Na+]. The average molecular weight is 82.8 g/mol. The number of rotatable bonds is 0. The summed E-state index contributed by atoms with van der Waals surface area (Å²) in [6.07, 6.45) is 0. The van der Waals surface area contributed by atoms with Gasteiger partial charge in [0.05, 0.1) is 0 Å². The van der Waals surface area contributed by atoms with E-state index in [0.29, 0.717) is 0 Å². The van der Waals surface area contributed by atoms with Crippen LogP contribution < -0.4 is 34.8 Å². The minimum atomic E-state index is 0. The fourth-order valence-corrected chi connectivity index (χ4v) is 0. The first-order chi connectivity index (χ1) is 1.41. The van der Waals surface area contributed by atoms with E-state index in [1.807, 2.05) is 0 Å². The van der Waals surface area contributed by atoms with Gasteiger partial charge in [-0.3, -0.25) is 0 Å². The van der Waals surface area contributed by atoms with Gasteiger partial charge < -0.3 is 1.43 Å². The molecule has 0 saturated carbocycles. The number of hydrogen-bond acceptors (Lipinski definition) is 2. The van der Waals surface area contributed by atoms with Crippen molar-refractivity contribution in [2.45, 2.75) is 0 Å². The molecule has 0 spiro atoms. The molecule has 0 aromatic heterocycles. The third-order valence-electron chi connectivity index (χ3n) is 0. The molecule has 0 fully saturated rings. The molecule has 3 nitrogen and oxygen atoms in total. The molecule has 23 valence electrons. The standard InChI is InChI=1S/B.Na.O3.H/c;;1-3-2;/q;+1;;-1. The molecule has 5 heavy (non-hydrogen) atoms. The zero-order chi connectivity index (χ0) is 2.71. The van der Waals surface area contributed by atoms with Crippen molar-refractivity contribution in [3.05, 3.63) is 9.71 Å². The van der Waals surface area contributed by atoms with Crippen molar-refractivity contribution >= 4 is 8.41 Å². The molecule has 0 bridgehead atoms. The minimum absolute atomic E-state index is 0. The van der Waals surface area contributed by atoms with Gasteiger partial charge in [0.2, 0.25) is 0 Å². The molecule has 0 heterocycles. The molecule has 0 rings (SSSR count). The first kappa shape index (κ1) is 17.9. The maximum absolute atomic E-state index is 7.88. The predicted molar refractivity (Wildman–Crippen MR) is 13.6 cm³/mol. The van der Waals surface area contributed by atoms with E-state index in [2.05, 4.69) is 0 Å². The van der Waals surface area contributed by atoms with Gasteiger partial charge >= 0.3 is 29.6 Å². The summed E-state index contributed by atoms with van der Waals surface area (Å²) in [6, 6.07) is 0. The molecule has 0 aliphatic heterocycles. The number of hydrogen-bond donors (Lipinski definition) is 0. The monoisotopic (exact) mass is 83.0 g/mol. The van der Waals surface area contributed by atoms with Crippen LogP contribution in [0.2, 0.25) is 0 Å². The van der Waals surface area contributed by atoms with Gasteiger partial charge in [0.1, 0.15) is 0 Å². The third-order valence-corrected chi connectivity index (χ3v) is 0. The summed E-state index contributed by atoms with van der Waals surface area (Å²) in [5, 5.41) is 7.88. The molecular formula is HBNaO3. The molecule has 0 amide bonds. The van der Waals surface area contributed by atoms with Crippen LogP contribution in [0.25, 0.3) is 0 Å². The van der Waals surface area contributed by atoms with E-state index in [1.165, 1.54) is 0 Å². The van der Waals surface area contributed by atoms with Crippen LogP contribution in [0.5, 0.6) is 0 Å². The van der Waals surface area contributed by atoms with Crippen molar-refractivity contribution in [1.82, 2.24) is 0 Å². The summed E-state index contributed by atoms with van der Waals surface area (Å²) >= 11 is 0. The van der Waals surface area contributed by atoms with Crippen molar-refractivity contribution in [2.75, 3.05) is 0 Å². The van der Waals surface area contributed by atoms with Crippen molar-refractivity contribution in [3.8, 4) is 0 Å². The van der Waals surface area contributed by atoms with Crippen LogP contribution in [0.1, 0.15) is 1.43 Å². The van der Waals surface area contributed by atoms with E-state index in [0.717, 1.165) is 0 Å². The van der Waals surface area contributed by atoms with Crippen molar-refractivity contribution in [2.24, 2.45) is 0 Å². The molecule has 0 atom stereocenters. The molecule has 5 heteroatoms. The van der Waals surface area contributed by atoms with Crippen LogP contribution >= 0.6 is 0 Å². The largest absolute Gasteiger partial charge is 1.00 e. The quantitative estimate of drug-likeness (QED) is 0.128. The second-order valence-electron chi connectivity index (χ2n) is 0.0680. The van der Waals surface area contributed by atoms with Crippen LogP contribution in [-0.2, 0) is 0 Å². The Morgan fingerprint density at radius 3 is 1.80 bits per heavy atom. The van der Waals surface area contributed by atoms with Crippen LogP contribution in [-0.4, -0.2) is 8.41 Å². The molecule has 0 aromatic carbocycles. The molecule has 0 N–H and O–H groups in total. The molecule has 0 aliphatic carbocycles. The molecule has 0 saturated heterocycles.